The van der Waals surface area contributed by atoms with E-state index in [4.69, 9.17) is 0 Å². The fraction of sp³-hybridized carbons (Fsp3) is 0.118. The number of nitrogens with zero attached hydrogens (tertiary/aromatic N) is 3. The lowest BCUT2D eigenvalue weighted by molar-refractivity contribution is 0.262. The second kappa shape index (κ2) is 6.31. The molecule has 3 rings (SSSR count). The van der Waals surface area contributed by atoms with E-state index in [9.17, 15) is 4.79 Å². The van der Waals surface area contributed by atoms with Crippen molar-refractivity contribution in [3.63, 3.8) is 0 Å². The van der Waals surface area contributed by atoms with Gasteiger partial charge < -0.3 is 0 Å². The largest absolute Gasteiger partial charge is 0.326 e. The highest BCUT2D eigenvalue weighted by Crippen LogP contribution is 2.21. The number of rotatable bonds is 3. The summed E-state index contributed by atoms with van der Waals surface area (Å²) in [6.07, 6.45) is 1.70. The summed E-state index contributed by atoms with van der Waals surface area (Å²) in [5.74, 6) is 0.975. The first-order valence-corrected chi connectivity index (χ1v) is 7.22. The van der Waals surface area contributed by atoms with Crippen molar-refractivity contribution in [1.82, 2.24) is 14.8 Å². The van der Waals surface area contributed by atoms with Gasteiger partial charge in [-0.1, -0.05) is 36.4 Å². The van der Waals surface area contributed by atoms with Crippen molar-refractivity contribution in [3.05, 3.63) is 60.3 Å². The SMILES string of the molecule is Cc1ccc(NC(=O)Nc2cc(-c3ccccc3)n(C)n2)nc1. The number of anilines is 2. The molecular formula is C17H17N5O. The van der Waals surface area contributed by atoms with Crippen LogP contribution in [-0.2, 0) is 7.05 Å². The van der Waals surface area contributed by atoms with Crippen molar-refractivity contribution in [2.24, 2.45) is 7.05 Å². The first-order chi connectivity index (χ1) is 11.1. The molecule has 0 spiro atoms. The van der Waals surface area contributed by atoms with E-state index < -0.39 is 0 Å². The smallest absolute Gasteiger partial charge is 0.292 e. The first kappa shape index (κ1) is 14.8. The molecule has 0 aliphatic carbocycles. The maximum Gasteiger partial charge on any atom is 0.326 e. The monoisotopic (exact) mass is 307 g/mol. The molecule has 2 heterocycles. The van der Waals surface area contributed by atoms with Crippen LogP contribution in [0.4, 0.5) is 16.4 Å². The number of aryl methyl sites for hydroxylation is 2. The Bertz CT molecular complexity index is 809. The summed E-state index contributed by atoms with van der Waals surface area (Å²) in [5, 5.41) is 9.70. The van der Waals surface area contributed by atoms with Crippen LogP contribution in [0.3, 0.4) is 0 Å². The van der Waals surface area contributed by atoms with E-state index in [1.54, 1.807) is 16.9 Å². The number of amides is 2. The molecule has 2 amide bonds. The summed E-state index contributed by atoms with van der Waals surface area (Å²) in [4.78, 5) is 16.1. The molecule has 2 N–H and O–H groups in total. The molecule has 0 radical (unpaired) electrons. The van der Waals surface area contributed by atoms with Gasteiger partial charge in [-0.2, -0.15) is 5.10 Å². The Morgan fingerprint density at radius 1 is 1.04 bits per heavy atom. The summed E-state index contributed by atoms with van der Waals surface area (Å²) in [6.45, 7) is 1.94. The van der Waals surface area contributed by atoms with Crippen LogP contribution in [0.1, 0.15) is 5.56 Å². The van der Waals surface area contributed by atoms with Gasteiger partial charge in [0, 0.05) is 19.3 Å². The molecule has 3 aromatic rings. The predicted octanol–water partition coefficient (Wildman–Crippen LogP) is 3.43. The zero-order valence-corrected chi connectivity index (χ0v) is 12.9. The summed E-state index contributed by atoms with van der Waals surface area (Å²) < 4.78 is 1.73. The molecule has 6 heteroatoms. The zero-order chi connectivity index (χ0) is 16.2. The Kier molecular flexibility index (Phi) is 4.05. The van der Waals surface area contributed by atoms with Gasteiger partial charge in [-0.15, -0.1) is 0 Å². The molecule has 0 saturated carbocycles. The molecule has 0 atom stereocenters. The maximum atomic E-state index is 12.0. The average molecular weight is 307 g/mol. The fourth-order valence-corrected chi connectivity index (χ4v) is 2.21. The van der Waals surface area contributed by atoms with Gasteiger partial charge in [0.25, 0.3) is 0 Å². The van der Waals surface area contributed by atoms with Gasteiger partial charge in [-0.3, -0.25) is 15.3 Å². The molecular weight excluding hydrogens is 290 g/mol. The summed E-state index contributed by atoms with van der Waals surface area (Å²) >= 11 is 0. The second-order valence-electron chi connectivity index (χ2n) is 5.20. The lowest BCUT2D eigenvalue weighted by atomic mass is 10.1. The Morgan fingerprint density at radius 2 is 1.78 bits per heavy atom. The molecule has 2 aromatic heterocycles. The normalized spacial score (nSPS) is 10.3. The number of hydrogen-bond acceptors (Lipinski definition) is 3. The van der Waals surface area contributed by atoms with E-state index in [0.29, 0.717) is 11.6 Å². The Morgan fingerprint density at radius 3 is 2.48 bits per heavy atom. The van der Waals surface area contributed by atoms with Crippen LogP contribution in [0.5, 0.6) is 0 Å². The van der Waals surface area contributed by atoms with Crippen LogP contribution in [0.25, 0.3) is 11.3 Å². The van der Waals surface area contributed by atoms with Gasteiger partial charge in [0.2, 0.25) is 0 Å². The number of carbonyl (C=O) groups is 1. The van der Waals surface area contributed by atoms with Crippen LogP contribution in [-0.4, -0.2) is 20.8 Å². The molecule has 116 valence electrons. The topological polar surface area (TPSA) is 71.8 Å². The van der Waals surface area contributed by atoms with E-state index in [2.05, 4.69) is 20.7 Å². The van der Waals surface area contributed by atoms with Gasteiger partial charge in [0.15, 0.2) is 5.82 Å². The third-order valence-corrected chi connectivity index (χ3v) is 3.34. The number of carbonyl (C=O) groups excluding carboxylic acids is 1. The molecule has 0 bridgehead atoms. The molecule has 6 nitrogen and oxygen atoms in total. The van der Waals surface area contributed by atoms with Crippen LogP contribution < -0.4 is 10.6 Å². The molecule has 0 fully saturated rings. The molecule has 0 aliphatic heterocycles. The van der Waals surface area contributed by atoms with Crippen molar-refractivity contribution in [3.8, 4) is 11.3 Å². The number of nitrogens with one attached hydrogen (secondary N) is 2. The molecule has 0 saturated heterocycles. The van der Waals surface area contributed by atoms with Crippen molar-refractivity contribution in [2.75, 3.05) is 10.6 Å². The summed E-state index contributed by atoms with van der Waals surface area (Å²) in [6, 6.07) is 15.0. The molecule has 0 aliphatic rings. The highest BCUT2D eigenvalue weighted by atomic mass is 16.2. The van der Waals surface area contributed by atoms with E-state index in [1.165, 1.54) is 0 Å². The third kappa shape index (κ3) is 3.55. The fourth-order valence-electron chi connectivity index (χ4n) is 2.21. The van der Waals surface area contributed by atoms with Gasteiger partial charge in [0.05, 0.1) is 5.69 Å². The van der Waals surface area contributed by atoms with E-state index in [0.717, 1.165) is 16.8 Å². The molecule has 1 aromatic carbocycles. The van der Waals surface area contributed by atoms with Gasteiger partial charge in [0.1, 0.15) is 5.82 Å². The van der Waals surface area contributed by atoms with Crippen molar-refractivity contribution >= 4 is 17.7 Å². The van der Waals surface area contributed by atoms with E-state index >= 15 is 0 Å². The minimum atomic E-state index is -0.376. The molecule has 23 heavy (non-hydrogen) atoms. The highest BCUT2D eigenvalue weighted by Gasteiger charge is 2.10. The standard InChI is InChI=1S/C17H17N5O/c1-12-8-9-15(18-11-12)19-17(23)20-16-10-14(22(2)21-16)13-6-4-3-5-7-13/h3-11H,1-2H3,(H2,18,19,20,21,23). The minimum Gasteiger partial charge on any atom is -0.292 e. The number of benzene rings is 1. The lowest BCUT2D eigenvalue weighted by Crippen LogP contribution is -2.20. The predicted molar refractivity (Wildman–Crippen MR) is 90.3 cm³/mol. The second-order valence-corrected chi connectivity index (χ2v) is 5.20. The van der Waals surface area contributed by atoms with Gasteiger partial charge >= 0.3 is 6.03 Å². The Hall–Kier alpha value is -3.15. The van der Waals surface area contributed by atoms with Crippen molar-refractivity contribution < 1.29 is 4.79 Å². The van der Waals surface area contributed by atoms with Gasteiger partial charge in [-0.25, -0.2) is 9.78 Å². The maximum absolute atomic E-state index is 12.0. The highest BCUT2D eigenvalue weighted by molar-refractivity contribution is 5.98. The van der Waals surface area contributed by atoms with Crippen LogP contribution in [0, 0.1) is 6.92 Å². The van der Waals surface area contributed by atoms with Crippen molar-refractivity contribution in [2.45, 2.75) is 6.92 Å². The lowest BCUT2D eigenvalue weighted by Gasteiger charge is -2.04. The van der Waals surface area contributed by atoms with E-state index in [1.807, 2.05) is 56.4 Å². The van der Waals surface area contributed by atoms with Crippen LogP contribution in [0.15, 0.2) is 54.7 Å². The minimum absolute atomic E-state index is 0.376. The number of aromatic nitrogens is 3. The molecule has 0 unspecified atom stereocenters. The zero-order valence-electron chi connectivity index (χ0n) is 12.9. The van der Waals surface area contributed by atoms with Crippen LogP contribution in [0.2, 0.25) is 0 Å². The Labute approximate surface area is 134 Å². The first-order valence-electron chi connectivity index (χ1n) is 7.22. The third-order valence-electron chi connectivity index (χ3n) is 3.34. The number of urea groups is 1. The van der Waals surface area contributed by atoms with Crippen LogP contribution >= 0.6 is 0 Å². The van der Waals surface area contributed by atoms with Crippen molar-refractivity contribution in [1.29, 1.82) is 0 Å². The van der Waals surface area contributed by atoms with Gasteiger partial charge in [-0.05, 0) is 24.1 Å². The summed E-state index contributed by atoms with van der Waals surface area (Å²) in [7, 11) is 1.84. The quantitative estimate of drug-likeness (QED) is 0.778. The summed E-state index contributed by atoms with van der Waals surface area (Å²) in [5.41, 5.74) is 3.00. The Balaban J connectivity index is 1.71. The van der Waals surface area contributed by atoms with E-state index in [-0.39, 0.29) is 6.03 Å². The number of pyridine rings is 1. The number of hydrogen-bond donors (Lipinski definition) is 2. The average Bonchev–Trinajstić information content (AvgIpc) is 2.91.